The first-order valence-corrected chi connectivity index (χ1v) is 14.5. The van der Waals surface area contributed by atoms with Gasteiger partial charge in [0.2, 0.25) is 15.8 Å². The molecule has 1 aromatic heterocycles. The standard InChI is InChI=1S/C27H31F2N5O5S/c1-17-10-19(17)15-39-26-23(14-31-34(27(26)35)22-12-20(28)11-21(29)13-22)32-6-8-33(9-7-32)40(36,37)16-18-4-3-5-24(38-2)25(18)30/h3-5,11-14,17,19H,6-10,15-16,30H2,1-2H3. The lowest BCUT2D eigenvalue weighted by Crippen LogP contribution is -2.49. The molecule has 2 atom stereocenters. The van der Waals surface area contributed by atoms with E-state index in [0.717, 1.165) is 23.2 Å². The van der Waals surface area contributed by atoms with Crippen LogP contribution in [0.1, 0.15) is 18.9 Å². The summed E-state index contributed by atoms with van der Waals surface area (Å²) in [6, 6.07) is 7.76. The zero-order valence-corrected chi connectivity index (χ0v) is 23.0. The highest BCUT2D eigenvalue weighted by molar-refractivity contribution is 7.88. The van der Waals surface area contributed by atoms with Gasteiger partial charge in [-0.15, -0.1) is 0 Å². The highest BCUT2D eigenvalue weighted by Gasteiger charge is 2.35. The number of nitrogens with two attached hydrogens (primary N) is 1. The predicted molar refractivity (Wildman–Crippen MR) is 146 cm³/mol. The van der Waals surface area contributed by atoms with Crippen LogP contribution < -0.4 is 25.7 Å². The van der Waals surface area contributed by atoms with E-state index < -0.39 is 27.2 Å². The van der Waals surface area contributed by atoms with Crippen molar-refractivity contribution in [3.05, 3.63) is 70.1 Å². The predicted octanol–water partition coefficient (Wildman–Crippen LogP) is 2.79. The number of rotatable bonds is 9. The second-order valence-corrected chi connectivity index (χ2v) is 12.1. The number of hydrogen-bond donors (Lipinski definition) is 1. The number of benzene rings is 2. The normalized spacial score (nSPS) is 19.4. The molecule has 1 saturated heterocycles. The molecule has 0 spiro atoms. The van der Waals surface area contributed by atoms with Crippen LogP contribution in [0.15, 0.2) is 47.4 Å². The van der Waals surface area contributed by atoms with Gasteiger partial charge in [-0.25, -0.2) is 17.2 Å². The summed E-state index contributed by atoms with van der Waals surface area (Å²) in [7, 11) is -2.22. The second-order valence-electron chi connectivity index (χ2n) is 10.2. The molecule has 2 heterocycles. The van der Waals surface area contributed by atoms with Gasteiger partial charge in [-0.1, -0.05) is 19.1 Å². The smallest absolute Gasteiger partial charge is 0.316 e. The Morgan fingerprint density at radius 1 is 1.10 bits per heavy atom. The number of hydrogen-bond acceptors (Lipinski definition) is 8. The minimum Gasteiger partial charge on any atom is -0.495 e. The number of methoxy groups -OCH3 is 1. The molecule has 5 rings (SSSR count). The van der Waals surface area contributed by atoms with Gasteiger partial charge in [-0.05, 0) is 42.0 Å². The first-order valence-electron chi connectivity index (χ1n) is 12.9. The number of nitrogens with zero attached hydrogens (tertiary/aromatic N) is 4. The topological polar surface area (TPSA) is 120 Å². The fourth-order valence-corrected chi connectivity index (χ4v) is 6.39. The van der Waals surface area contributed by atoms with Crippen LogP contribution in [0.3, 0.4) is 0 Å². The van der Waals surface area contributed by atoms with Crippen LogP contribution in [0.2, 0.25) is 0 Å². The van der Waals surface area contributed by atoms with Gasteiger partial charge < -0.3 is 20.1 Å². The summed E-state index contributed by atoms with van der Waals surface area (Å²) in [4.78, 5) is 15.3. The average molecular weight is 576 g/mol. The van der Waals surface area contributed by atoms with E-state index in [0.29, 0.717) is 41.5 Å². The fraction of sp³-hybridized carbons (Fsp3) is 0.407. The van der Waals surface area contributed by atoms with Crippen LogP contribution in [0.5, 0.6) is 11.5 Å². The lowest BCUT2D eigenvalue weighted by Gasteiger charge is -2.35. The van der Waals surface area contributed by atoms with E-state index in [-0.39, 0.29) is 49.1 Å². The number of nitrogen functional groups attached to an aromatic ring is 1. The van der Waals surface area contributed by atoms with Crippen molar-refractivity contribution < 1.29 is 26.7 Å². The van der Waals surface area contributed by atoms with Crippen molar-refractivity contribution >= 4 is 21.4 Å². The van der Waals surface area contributed by atoms with Crippen molar-refractivity contribution in [1.82, 2.24) is 14.1 Å². The van der Waals surface area contributed by atoms with Crippen LogP contribution >= 0.6 is 0 Å². The number of ether oxygens (including phenoxy) is 2. The zero-order valence-electron chi connectivity index (χ0n) is 22.2. The molecule has 10 nitrogen and oxygen atoms in total. The number of sulfonamides is 1. The highest BCUT2D eigenvalue weighted by atomic mass is 32.2. The Bertz CT molecular complexity index is 1550. The van der Waals surface area contributed by atoms with Crippen LogP contribution in [0.25, 0.3) is 5.69 Å². The van der Waals surface area contributed by atoms with E-state index in [9.17, 15) is 22.0 Å². The Balaban J connectivity index is 1.37. The number of aromatic nitrogens is 2. The van der Waals surface area contributed by atoms with Crippen LogP contribution in [-0.4, -0.2) is 62.4 Å². The molecular formula is C27H31F2N5O5S. The number of para-hydroxylation sites is 1. The van der Waals surface area contributed by atoms with Crippen molar-refractivity contribution in [2.45, 2.75) is 19.1 Å². The van der Waals surface area contributed by atoms with Crippen molar-refractivity contribution in [2.24, 2.45) is 11.8 Å². The molecule has 2 aromatic carbocycles. The molecule has 2 fully saturated rings. The van der Waals surface area contributed by atoms with E-state index in [2.05, 4.69) is 12.0 Å². The molecule has 2 aliphatic rings. The second kappa shape index (κ2) is 11.0. The summed E-state index contributed by atoms with van der Waals surface area (Å²) < 4.78 is 67.6. The minimum absolute atomic E-state index is 0.0132. The van der Waals surface area contributed by atoms with Crippen molar-refractivity contribution in [3.8, 4) is 17.2 Å². The molecule has 0 radical (unpaired) electrons. The Hall–Kier alpha value is -3.71. The molecular weight excluding hydrogens is 544 g/mol. The molecule has 0 amide bonds. The van der Waals surface area contributed by atoms with Gasteiger partial charge in [0.05, 0.1) is 37.0 Å². The lowest BCUT2D eigenvalue weighted by atomic mass is 10.2. The van der Waals surface area contributed by atoms with Crippen molar-refractivity contribution in [2.75, 3.05) is 50.5 Å². The van der Waals surface area contributed by atoms with E-state index >= 15 is 0 Å². The van der Waals surface area contributed by atoms with Gasteiger partial charge in [-0.2, -0.15) is 14.1 Å². The molecule has 2 N–H and O–H groups in total. The van der Waals surface area contributed by atoms with Crippen molar-refractivity contribution in [1.29, 1.82) is 0 Å². The Morgan fingerprint density at radius 2 is 1.77 bits per heavy atom. The van der Waals surface area contributed by atoms with Gasteiger partial charge in [0.25, 0.3) is 0 Å². The zero-order chi connectivity index (χ0) is 28.6. The first-order chi connectivity index (χ1) is 19.1. The molecule has 214 valence electrons. The molecule has 40 heavy (non-hydrogen) atoms. The summed E-state index contributed by atoms with van der Waals surface area (Å²) in [5, 5.41) is 4.17. The third-order valence-corrected chi connectivity index (χ3v) is 9.24. The van der Waals surface area contributed by atoms with Crippen LogP contribution in [-0.2, 0) is 15.8 Å². The van der Waals surface area contributed by atoms with Crippen molar-refractivity contribution in [3.63, 3.8) is 0 Å². The summed E-state index contributed by atoms with van der Waals surface area (Å²) >= 11 is 0. The first kappa shape index (κ1) is 27.8. The quantitative estimate of drug-likeness (QED) is 0.387. The van der Waals surface area contributed by atoms with E-state index in [1.807, 2.05) is 4.90 Å². The summed E-state index contributed by atoms with van der Waals surface area (Å²) in [6.07, 6.45) is 2.40. The fourth-order valence-electron chi connectivity index (χ4n) is 4.85. The number of anilines is 2. The molecule has 13 heteroatoms. The third-order valence-electron chi connectivity index (χ3n) is 7.41. The monoisotopic (exact) mass is 575 g/mol. The molecule has 3 aromatic rings. The average Bonchev–Trinajstić information content (AvgIpc) is 3.63. The molecule has 0 bridgehead atoms. The van der Waals surface area contributed by atoms with Crippen LogP contribution in [0.4, 0.5) is 20.2 Å². The van der Waals surface area contributed by atoms with E-state index in [1.54, 1.807) is 18.2 Å². The molecule has 1 saturated carbocycles. The largest absolute Gasteiger partial charge is 0.495 e. The number of piperazine rings is 1. The maximum absolute atomic E-state index is 13.9. The number of halogens is 2. The molecule has 1 aliphatic carbocycles. The summed E-state index contributed by atoms with van der Waals surface area (Å²) in [5.41, 5.74) is 6.50. The van der Waals surface area contributed by atoms with Crippen LogP contribution in [0, 0.1) is 23.5 Å². The third kappa shape index (κ3) is 5.75. The maximum Gasteiger partial charge on any atom is 0.316 e. The van der Waals surface area contributed by atoms with E-state index in [1.165, 1.54) is 17.6 Å². The Kier molecular flexibility index (Phi) is 7.69. The van der Waals surface area contributed by atoms with Gasteiger partial charge in [-0.3, -0.25) is 4.79 Å². The Labute approximate surface area is 231 Å². The van der Waals surface area contributed by atoms with Gasteiger partial charge in [0, 0.05) is 32.2 Å². The highest BCUT2D eigenvalue weighted by Crippen LogP contribution is 2.38. The SMILES string of the molecule is COc1cccc(CS(=O)(=O)N2CCN(c3cnn(-c4cc(F)cc(F)c4)c(=O)c3OCC3CC3C)CC2)c1N. The minimum atomic E-state index is -3.69. The van der Waals surface area contributed by atoms with E-state index in [4.69, 9.17) is 15.2 Å². The maximum atomic E-state index is 13.9. The van der Waals surface area contributed by atoms with Gasteiger partial charge in [0.1, 0.15) is 23.1 Å². The van der Waals surface area contributed by atoms with Gasteiger partial charge >= 0.3 is 5.56 Å². The summed E-state index contributed by atoms with van der Waals surface area (Å²) in [6.45, 7) is 3.31. The summed E-state index contributed by atoms with van der Waals surface area (Å²) in [5.74, 6) is -0.729. The molecule has 2 unspecified atom stereocenters. The van der Waals surface area contributed by atoms with Gasteiger partial charge in [0.15, 0.2) is 0 Å². The molecule has 1 aliphatic heterocycles. The Morgan fingerprint density at radius 3 is 2.40 bits per heavy atom. The lowest BCUT2D eigenvalue weighted by molar-refractivity contribution is 0.286.